The number of hydrogen-bond acceptors (Lipinski definition) is 4. The van der Waals surface area contributed by atoms with Crippen LogP contribution in [-0.2, 0) is 9.53 Å². The van der Waals surface area contributed by atoms with Crippen molar-refractivity contribution in [3.05, 3.63) is 0 Å². The quantitative estimate of drug-likeness (QED) is 0.621. The van der Waals surface area contributed by atoms with Crippen molar-refractivity contribution < 1.29 is 9.53 Å². The van der Waals surface area contributed by atoms with E-state index in [0.717, 1.165) is 19.4 Å². The lowest BCUT2D eigenvalue weighted by atomic mass is 10.1. The van der Waals surface area contributed by atoms with Crippen molar-refractivity contribution in [1.82, 2.24) is 4.90 Å². The van der Waals surface area contributed by atoms with E-state index in [0.29, 0.717) is 6.47 Å². The predicted octanol–water partition coefficient (Wildman–Crippen LogP) is 0.276. The minimum absolute atomic E-state index is 0.0497. The van der Waals surface area contributed by atoms with Gasteiger partial charge >= 0.3 is 0 Å². The van der Waals surface area contributed by atoms with Crippen LogP contribution in [0.2, 0.25) is 0 Å². The second kappa shape index (κ2) is 4.42. The number of carbonyl (C=O) groups excluding carboxylic acids is 1. The summed E-state index contributed by atoms with van der Waals surface area (Å²) >= 11 is 0. The van der Waals surface area contributed by atoms with Crippen molar-refractivity contribution >= 4 is 6.47 Å². The Labute approximate surface area is 72.7 Å². The largest absolute Gasteiger partial charge is 0.449 e. The lowest BCUT2D eigenvalue weighted by Crippen LogP contribution is -2.50. The predicted molar refractivity (Wildman–Crippen MR) is 45.1 cm³/mol. The Hall–Kier alpha value is -0.610. The van der Waals surface area contributed by atoms with E-state index in [1.54, 1.807) is 0 Å². The zero-order valence-corrected chi connectivity index (χ0v) is 7.40. The number of rotatable bonds is 3. The summed E-state index contributed by atoms with van der Waals surface area (Å²) < 4.78 is 4.82. The molecule has 0 spiro atoms. The topological polar surface area (TPSA) is 55.6 Å². The highest BCUT2D eigenvalue weighted by molar-refractivity contribution is 5.37. The maximum absolute atomic E-state index is 10.1. The molecule has 2 N–H and O–H groups in total. The molecule has 1 aliphatic rings. The molecular weight excluding hydrogens is 156 g/mol. The van der Waals surface area contributed by atoms with Gasteiger partial charge in [0.25, 0.3) is 6.47 Å². The molecule has 0 aromatic heterocycles. The number of hydrogen-bond donors (Lipinski definition) is 1. The molecule has 0 radical (unpaired) electrons. The Balaban J connectivity index is 2.41. The van der Waals surface area contributed by atoms with E-state index in [9.17, 15) is 4.79 Å². The molecule has 1 fully saturated rings. The first kappa shape index (κ1) is 9.48. The van der Waals surface area contributed by atoms with Crippen LogP contribution in [0, 0.1) is 0 Å². The second-order valence-corrected chi connectivity index (χ2v) is 3.13. The molecule has 2 atom stereocenters. The average molecular weight is 172 g/mol. The van der Waals surface area contributed by atoms with Crippen LogP contribution in [-0.4, -0.2) is 30.3 Å². The number of nitrogens with two attached hydrogens (primary N) is 1. The highest BCUT2D eigenvalue weighted by Crippen LogP contribution is 2.15. The Bertz CT molecular complexity index is 152. The van der Waals surface area contributed by atoms with Crippen molar-refractivity contribution in [2.75, 3.05) is 6.54 Å². The van der Waals surface area contributed by atoms with Crippen molar-refractivity contribution in [3.63, 3.8) is 0 Å². The molecule has 0 aromatic carbocycles. The van der Waals surface area contributed by atoms with Gasteiger partial charge in [0.15, 0.2) is 6.23 Å². The van der Waals surface area contributed by atoms with E-state index in [4.69, 9.17) is 10.5 Å². The third-order valence-corrected chi connectivity index (χ3v) is 2.31. The van der Waals surface area contributed by atoms with Crippen molar-refractivity contribution in [1.29, 1.82) is 0 Å². The van der Waals surface area contributed by atoms with E-state index >= 15 is 0 Å². The highest BCUT2D eigenvalue weighted by atomic mass is 16.5. The third-order valence-electron chi connectivity index (χ3n) is 2.31. The van der Waals surface area contributed by atoms with E-state index in [1.807, 2.05) is 11.8 Å². The average Bonchev–Trinajstić information content (AvgIpc) is 2.05. The van der Waals surface area contributed by atoms with E-state index in [-0.39, 0.29) is 12.4 Å². The van der Waals surface area contributed by atoms with Gasteiger partial charge in [0, 0.05) is 6.54 Å². The molecule has 0 aromatic rings. The van der Waals surface area contributed by atoms with Gasteiger partial charge in [-0.2, -0.15) is 0 Å². The van der Waals surface area contributed by atoms with E-state index in [1.165, 1.54) is 6.42 Å². The SMILES string of the molecule is CC(OC=O)N1CCCCC1N. The van der Waals surface area contributed by atoms with Crippen LogP contribution in [0.4, 0.5) is 0 Å². The standard InChI is InChI=1S/C8H16N2O2/c1-7(12-6-11)10-5-3-2-4-8(10)9/h6-8H,2-5,9H2,1H3. The number of likely N-dealkylation sites (tertiary alicyclic amines) is 1. The number of piperidine rings is 1. The summed E-state index contributed by atoms with van der Waals surface area (Å²) in [6.45, 7) is 3.25. The second-order valence-electron chi connectivity index (χ2n) is 3.13. The summed E-state index contributed by atoms with van der Waals surface area (Å²) in [6.07, 6.45) is 3.17. The Morgan fingerprint density at radius 2 is 2.42 bits per heavy atom. The van der Waals surface area contributed by atoms with Crippen LogP contribution < -0.4 is 5.73 Å². The third kappa shape index (κ3) is 2.19. The fourth-order valence-corrected chi connectivity index (χ4v) is 1.59. The molecular formula is C8H16N2O2. The zero-order chi connectivity index (χ0) is 8.97. The molecule has 12 heavy (non-hydrogen) atoms. The first-order chi connectivity index (χ1) is 5.75. The van der Waals surface area contributed by atoms with Crippen LogP contribution in [0.3, 0.4) is 0 Å². The monoisotopic (exact) mass is 172 g/mol. The molecule has 0 amide bonds. The zero-order valence-electron chi connectivity index (χ0n) is 7.40. The summed E-state index contributed by atoms with van der Waals surface area (Å²) in [5.74, 6) is 0. The van der Waals surface area contributed by atoms with Crippen molar-refractivity contribution in [3.8, 4) is 0 Å². The van der Waals surface area contributed by atoms with Gasteiger partial charge in [0.1, 0.15) is 0 Å². The van der Waals surface area contributed by atoms with Gasteiger partial charge < -0.3 is 10.5 Å². The molecule has 1 rings (SSSR count). The fourth-order valence-electron chi connectivity index (χ4n) is 1.59. The van der Waals surface area contributed by atoms with Gasteiger partial charge in [0.2, 0.25) is 0 Å². The molecule has 4 nitrogen and oxygen atoms in total. The summed E-state index contributed by atoms with van der Waals surface area (Å²) in [6, 6.07) is 0. The fraction of sp³-hybridized carbons (Fsp3) is 0.875. The number of ether oxygens (including phenoxy) is 1. The van der Waals surface area contributed by atoms with Gasteiger partial charge in [-0.15, -0.1) is 0 Å². The summed E-state index contributed by atoms with van der Waals surface area (Å²) in [5, 5.41) is 0. The first-order valence-corrected chi connectivity index (χ1v) is 4.36. The maximum atomic E-state index is 10.1. The molecule has 4 heteroatoms. The van der Waals surface area contributed by atoms with Gasteiger partial charge in [0.05, 0.1) is 6.17 Å². The molecule has 1 heterocycles. The smallest absolute Gasteiger partial charge is 0.294 e. The normalized spacial score (nSPS) is 28.0. The molecule has 70 valence electrons. The molecule has 1 saturated heterocycles. The first-order valence-electron chi connectivity index (χ1n) is 4.36. The van der Waals surface area contributed by atoms with Gasteiger partial charge in [-0.1, -0.05) is 0 Å². The molecule has 0 bridgehead atoms. The molecule has 2 unspecified atom stereocenters. The highest BCUT2D eigenvalue weighted by Gasteiger charge is 2.23. The van der Waals surface area contributed by atoms with Crippen LogP contribution in [0.25, 0.3) is 0 Å². The Morgan fingerprint density at radius 3 is 3.00 bits per heavy atom. The maximum Gasteiger partial charge on any atom is 0.294 e. The van der Waals surface area contributed by atoms with Crippen LogP contribution in [0.15, 0.2) is 0 Å². The lowest BCUT2D eigenvalue weighted by molar-refractivity contribution is -0.145. The van der Waals surface area contributed by atoms with Crippen molar-refractivity contribution in [2.45, 2.75) is 38.6 Å². The van der Waals surface area contributed by atoms with Gasteiger partial charge in [-0.3, -0.25) is 9.69 Å². The summed E-state index contributed by atoms with van der Waals surface area (Å²) in [7, 11) is 0. The minimum Gasteiger partial charge on any atom is -0.449 e. The molecule has 0 aliphatic carbocycles. The molecule has 1 aliphatic heterocycles. The number of carbonyl (C=O) groups is 1. The van der Waals surface area contributed by atoms with Crippen LogP contribution in [0.1, 0.15) is 26.2 Å². The Kier molecular flexibility index (Phi) is 3.49. The van der Waals surface area contributed by atoms with Crippen LogP contribution >= 0.6 is 0 Å². The minimum atomic E-state index is -0.183. The number of nitrogens with zero attached hydrogens (tertiary/aromatic N) is 1. The van der Waals surface area contributed by atoms with Crippen molar-refractivity contribution in [2.24, 2.45) is 5.73 Å². The summed E-state index contributed by atoms with van der Waals surface area (Å²) in [4.78, 5) is 12.1. The summed E-state index contributed by atoms with van der Waals surface area (Å²) in [5.41, 5.74) is 5.84. The molecule has 0 saturated carbocycles. The van der Waals surface area contributed by atoms with E-state index in [2.05, 4.69) is 0 Å². The van der Waals surface area contributed by atoms with E-state index < -0.39 is 0 Å². The Morgan fingerprint density at radius 1 is 1.67 bits per heavy atom. The van der Waals surface area contributed by atoms with Gasteiger partial charge in [-0.25, -0.2) is 0 Å². The van der Waals surface area contributed by atoms with Gasteiger partial charge in [-0.05, 0) is 26.2 Å². The van der Waals surface area contributed by atoms with Crippen LogP contribution in [0.5, 0.6) is 0 Å². The lowest BCUT2D eigenvalue weighted by Gasteiger charge is -2.36.